The van der Waals surface area contributed by atoms with E-state index < -0.39 is 0 Å². The number of ether oxygens (including phenoxy) is 2. The third-order valence-electron chi connectivity index (χ3n) is 4.92. The van der Waals surface area contributed by atoms with Gasteiger partial charge in [-0.05, 0) is 58.9 Å². The van der Waals surface area contributed by atoms with E-state index in [1.165, 1.54) is 5.56 Å². The van der Waals surface area contributed by atoms with Crippen molar-refractivity contribution in [1.82, 2.24) is 14.9 Å². The van der Waals surface area contributed by atoms with E-state index in [9.17, 15) is 0 Å². The first kappa shape index (κ1) is 22.7. The van der Waals surface area contributed by atoms with Gasteiger partial charge in [0.1, 0.15) is 6.61 Å². The van der Waals surface area contributed by atoms with Gasteiger partial charge in [0.05, 0.1) is 13.3 Å². The van der Waals surface area contributed by atoms with Gasteiger partial charge in [0, 0.05) is 6.42 Å². The Labute approximate surface area is 188 Å². The highest BCUT2D eigenvalue weighted by atomic mass is 32.1. The number of aryl methyl sites for hydroxylation is 1. The summed E-state index contributed by atoms with van der Waals surface area (Å²) in [6.07, 6.45) is 3.51. The molecule has 164 valence electrons. The molecule has 0 radical (unpaired) electrons. The monoisotopic (exact) mass is 438 g/mol. The van der Waals surface area contributed by atoms with Gasteiger partial charge in [-0.3, -0.25) is 5.10 Å². The molecule has 0 amide bonds. The maximum Gasteiger partial charge on any atom is 0.216 e. The second kappa shape index (κ2) is 9.92. The number of H-pyrrole nitrogens is 1. The first-order valence-electron chi connectivity index (χ1n) is 10.4. The molecule has 0 aliphatic heterocycles. The van der Waals surface area contributed by atoms with Crippen molar-refractivity contribution in [3.8, 4) is 11.5 Å². The van der Waals surface area contributed by atoms with Crippen molar-refractivity contribution in [1.29, 1.82) is 0 Å². The molecule has 0 spiro atoms. The van der Waals surface area contributed by atoms with Crippen LogP contribution in [0.1, 0.15) is 56.6 Å². The molecule has 3 aromatic rings. The number of nitrogens with zero attached hydrogens (tertiary/aromatic N) is 3. The molecule has 31 heavy (non-hydrogen) atoms. The average molecular weight is 439 g/mol. The molecule has 1 N–H and O–H groups in total. The lowest BCUT2D eigenvalue weighted by molar-refractivity contribution is 0.284. The minimum absolute atomic E-state index is 0.137. The fourth-order valence-corrected chi connectivity index (χ4v) is 3.30. The lowest BCUT2D eigenvalue weighted by atomic mass is 9.87. The van der Waals surface area contributed by atoms with E-state index in [0.29, 0.717) is 22.9 Å². The molecule has 1 heterocycles. The SMILES string of the molecule is CCCc1n[nH]c(=S)n1/N=C/c1ccc(OCc2ccc(C(C)(C)C)cc2)c(OC)c1. The molecule has 0 fully saturated rings. The maximum absolute atomic E-state index is 6.01. The van der Waals surface area contributed by atoms with Crippen molar-refractivity contribution >= 4 is 18.4 Å². The van der Waals surface area contributed by atoms with Crippen molar-refractivity contribution in [2.24, 2.45) is 5.10 Å². The molecule has 6 nitrogen and oxygen atoms in total. The van der Waals surface area contributed by atoms with Gasteiger partial charge in [-0.2, -0.15) is 14.9 Å². The summed E-state index contributed by atoms with van der Waals surface area (Å²) in [6.45, 7) is 9.19. The fraction of sp³-hybridized carbons (Fsp3) is 0.375. The van der Waals surface area contributed by atoms with Crippen LogP contribution < -0.4 is 9.47 Å². The zero-order valence-corrected chi connectivity index (χ0v) is 19.6. The Bertz CT molecular complexity index is 1090. The number of hydrogen-bond acceptors (Lipinski definition) is 5. The Morgan fingerprint density at radius 1 is 1.13 bits per heavy atom. The third-order valence-corrected chi connectivity index (χ3v) is 5.18. The molecule has 0 bridgehead atoms. The highest BCUT2D eigenvalue weighted by Crippen LogP contribution is 2.29. The second-order valence-electron chi connectivity index (χ2n) is 8.40. The van der Waals surface area contributed by atoms with Crippen molar-refractivity contribution in [3.63, 3.8) is 0 Å². The first-order chi connectivity index (χ1) is 14.8. The van der Waals surface area contributed by atoms with Gasteiger partial charge in [0.25, 0.3) is 0 Å². The molecule has 0 atom stereocenters. The Kier molecular flexibility index (Phi) is 7.28. The van der Waals surface area contributed by atoms with Gasteiger partial charge in [-0.1, -0.05) is 52.0 Å². The van der Waals surface area contributed by atoms with Crippen molar-refractivity contribution in [2.45, 2.75) is 52.6 Å². The average Bonchev–Trinajstić information content (AvgIpc) is 3.10. The molecule has 0 aliphatic carbocycles. The quantitative estimate of drug-likeness (QED) is 0.364. The summed E-state index contributed by atoms with van der Waals surface area (Å²) in [7, 11) is 1.63. The molecule has 3 rings (SSSR count). The summed E-state index contributed by atoms with van der Waals surface area (Å²) in [5.41, 5.74) is 3.43. The van der Waals surface area contributed by atoms with Gasteiger partial charge in [0.2, 0.25) is 4.77 Å². The topological polar surface area (TPSA) is 64.4 Å². The van der Waals surface area contributed by atoms with Crippen LogP contribution in [0.25, 0.3) is 0 Å². The number of nitrogens with one attached hydrogen (secondary N) is 1. The molecule has 0 aliphatic rings. The highest BCUT2D eigenvalue weighted by molar-refractivity contribution is 7.71. The Morgan fingerprint density at radius 3 is 2.52 bits per heavy atom. The fourth-order valence-electron chi connectivity index (χ4n) is 3.10. The summed E-state index contributed by atoms with van der Waals surface area (Å²) < 4.78 is 13.7. The van der Waals surface area contributed by atoms with Gasteiger partial charge in [-0.25, -0.2) is 0 Å². The van der Waals surface area contributed by atoms with Crippen LogP contribution in [-0.4, -0.2) is 28.2 Å². The number of methoxy groups -OCH3 is 1. The lowest BCUT2D eigenvalue weighted by Crippen LogP contribution is -2.10. The van der Waals surface area contributed by atoms with Crippen LogP contribution >= 0.6 is 12.2 Å². The minimum Gasteiger partial charge on any atom is -0.493 e. The number of aromatic nitrogens is 3. The van der Waals surface area contributed by atoms with Gasteiger partial charge < -0.3 is 9.47 Å². The summed E-state index contributed by atoms with van der Waals surface area (Å²) in [4.78, 5) is 0. The smallest absolute Gasteiger partial charge is 0.216 e. The maximum atomic E-state index is 6.01. The number of rotatable bonds is 8. The zero-order chi connectivity index (χ0) is 22.4. The molecular formula is C24H30N4O2S. The normalized spacial score (nSPS) is 11.8. The van der Waals surface area contributed by atoms with Gasteiger partial charge in [-0.15, -0.1) is 0 Å². The molecular weight excluding hydrogens is 408 g/mol. The Balaban J connectivity index is 1.72. The lowest BCUT2D eigenvalue weighted by Gasteiger charge is -2.19. The summed E-state index contributed by atoms with van der Waals surface area (Å²) in [6, 6.07) is 14.3. The van der Waals surface area contributed by atoms with Crippen LogP contribution in [0.2, 0.25) is 0 Å². The van der Waals surface area contributed by atoms with Crippen LogP contribution in [0, 0.1) is 4.77 Å². The van der Waals surface area contributed by atoms with Crippen molar-refractivity contribution in [2.75, 3.05) is 7.11 Å². The standard InChI is InChI=1S/C24H30N4O2S/c1-6-7-22-26-27-23(31)28(22)25-15-18-10-13-20(21(14-18)29-5)30-16-17-8-11-19(12-9-17)24(2,3)4/h8-15H,6-7,16H2,1-5H3,(H,27,31)/b25-15+. The van der Waals surface area contributed by atoms with Crippen LogP contribution in [0.15, 0.2) is 47.6 Å². The molecule has 0 saturated carbocycles. The second-order valence-corrected chi connectivity index (χ2v) is 8.78. The highest BCUT2D eigenvalue weighted by Gasteiger charge is 2.13. The Morgan fingerprint density at radius 2 is 1.87 bits per heavy atom. The molecule has 7 heteroatoms. The minimum atomic E-state index is 0.137. The molecule has 0 unspecified atom stereocenters. The van der Waals surface area contributed by atoms with Gasteiger partial charge in [0.15, 0.2) is 17.3 Å². The van der Waals surface area contributed by atoms with E-state index >= 15 is 0 Å². The van der Waals surface area contributed by atoms with E-state index in [1.54, 1.807) is 18.0 Å². The first-order valence-corrected chi connectivity index (χ1v) is 10.8. The molecule has 2 aromatic carbocycles. The van der Waals surface area contributed by atoms with Gasteiger partial charge >= 0.3 is 0 Å². The number of aromatic amines is 1. The summed E-state index contributed by atoms with van der Waals surface area (Å²) in [5, 5.41) is 11.5. The largest absolute Gasteiger partial charge is 0.493 e. The predicted molar refractivity (Wildman–Crippen MR) is 127 cm³/mol. The van der Waals surface area contributed by atoms with E-state index in [-0.39, 0.29) is 5.41 Å². The summed E-state index contributed by atoms with van der Waals surface area (Å²) in [5.74, 6) is 2.15. The van der Waals surface area contributed by atoms with E-state index in [1.807, 2.05) is 18.2 Å². The van der Waals surface area contributed by atoms with E-state index in [2.05, 4.69) is 67.3 Å². The third kappa shape index (κ3) is 5.82. The van der Waals surface area contributed by atoms with Crippen LogP contribution in [0.4, 0.5) is 0 Å². The summed E-state index contributed by atoms with van der Waals surface area (Å²) >= 11 is 5.27. The number of hydrogen-bond donors (Lipinski definition) is 1. The molecule has 0 saturated heterocycles. The van der Waals surface area contributed by atoms with Crippen LogP contribution in [0.3, 0.4) is 0 Å². The van der Waals surface area contributed by atoms with E-state index in [0.717, 1.165) is 29.8 Å². The van der Waals surface area contributed by atoms with Crippen molar-refractivity contribution < 1.29 is 9.47 Å². The van der Waals surface area contributed by atoms with Crippen LogP contribution in [-0.2, 0) is 18.4 Å². The number of benzene rings is 2. The predicted octanol–water partition coefficient (Wildman–Crippen LogP) is 5.66. The Hall–Kier alpha value is -2.93. The van der Waals surface area contributed by atoms with Crippen LogP contribution in [0.5, 0.6) is 11.5 Å². The zero-order valence-electron chi connectivity index (χ0n) is 18.8. The molecule has 1 aromatic heterocycles. The van der Waals surface area contributed by atoms with E-state index in [4.69, 9.17) is 21.7 Å². The van der Waals surface area contributed by atoms with Crippen molar-refractivity contribution in [3.05, 3.63) is 69.8 Å².